The average molecular weight is 316 g/mol. The largest absolute Gasteiger partial charge is 0.313 e. The van der Waals surface area contributed by atoms with Crippen molar-refractivity contribution in [1.82, 2.24) is 5.32 Å². The van der Waals surface area contributed by atoms with Gasteiger partial charge >= 0.3 is 0 Å². The second-order valence-corrected chi connectivity index (χ2v) is 8.39. The van der Waals surface area contributed by atoms with Gasteiger partial charge in [0, 0.05) is 17.5 Å². The maximum atomic E-state index is 3.70. The van der Waals surface area contributed by atoms with E-state index in [2.05, 4.69) is 54.2 Å². The summed E-state index contributed by atoms with van der Waals surface area (Å²) in [6.45, 7) is 8.25. The van der Waals surface area contributed by atoms with Crippen molar-refractivity contribution in [2.75, 3.05) is 6.54 Å². The van der Waals surface area contributed by atoms with Crippen molar-refractivity contribution < 1.29 is 0 Å². The molecule has 0 bridgehead atoms. The Bertz CT molecular complexity index is 370. The highest BCUT2D eigenvalue weighted by Gasteiger charge is 2.31. The first-order valence-electron chi connectivity index (χ1n) is 6.47. The standard InChI is InChI=1S/C14H22BrNS/c1-10(2)14(3,9-16-11-4-5-11)8-12-6-7-13(15)17-12/h6-7,10-11,16H,4-5,8-9H2,1-3H3. The lowest BCUT2D eigenvalue weighted by molar-refractivity contribution is 0.208. The van der Waals surface area contributed by atoms with Gasteiger partial charge in [0.2, 0.25) is 0 Å². The van der Waals surface area contributed by atoms with E-state index in [0.29, 0.717) is 11.3 Å². The summed E-state index contributed by atoms with van der Waals surface area (Å²) < 4.78 is 1.24. The molecule has 0 amide bonds. The fraction of sp³-hybridized carbons (Fsp3) is 0.714. The van der Waals surface area contributed by atoms with Crippen molar-refractivity contribution in [1.29, 1.82) is 0 Å². The number of hydrogen-bond donors (Lipinski definition) is 1. The number of rotatable bonds is 6. The predicted octanol–water partition coefficient (Wildman–Crippen LogP) is 4.47. The topological polar surface area (TPSA) is 12.0 Å². The van der Waals surface area contributed by atoms with Crippen LogP contribution in [0.3, 0.4) is 0 Å². The molecule has 1 heterocycles. The third-order valence-corrected chi connectivity index (χ3v) is 5.60. The van der Waals surface area contributed by atoms with Gasteiger partial charge in [0.15, 0.2) is 0 Å². The maximum Gasteiger partial charge on any atom is 0.0701 e. The van der Waals surface area contributed by atoms with E-state index in [0.717, 1.165) is 12.6 Å². The van der Waals surface area contributed by atoms with Gasteiger partial charge in [-0.3, -0.25) is 0 Å². The van der Waals surface area contributed by atoms with Gasteiger partial charge in [0.1, 0.15) is 0 Å². The van der Waals surface area contributed by atoms with Crippen molar-refractivity contribution in [2.24, 2.45) is 11.3 Å². The van der Waals surface area contributed by atoms with E-state index in [1.54, 1.807) is 0 Å². The van der Waals surface area contributed by atoms with Crippen LogP contribution in [0.4, 0.5) is 0 Å². The lowest BCUT2D eigenvalue weighted by atomic mass is 9.76. The molecule has 1 nitrogen and oxygen atoms in total. The molecule has 2 rings (SSSR count). The molecule has 1 unspecified atom stereocenters. The third-order valence-electron chi connectivity index (χ3n) is 3.97. The molecular weight excluding hydrogens is 294 g/mol. The lowest BCUT2D eigenvalue weighted by Gasteiger charge is -2.34. The van der Waals surface area contributed by atoms with E-state index < -0.39 is 0 Å². The van der Waals surface area contributed by atoms with Crippen LogP contribution in [0.1, 0.15) is 38.5 Å². The zero-order valence-electron chi connectivity index (χ0n) is 10.9. The van der Waals surface area contributed by atoms with E-state index in [-0.39, 0.29) is 0 Å². The Hall–Kier alpha value is 0.140. The van der Waals surface area contributed by atoms with Crippen molar-refractivity contribution in [3.63, 3.8) is 0 Å². The second kappa shape index (κ2) is 5.41. The highest BCUT2D eigenvalue weighted by atomic mass is 79.9. The molecule has 3 heteroatoms. The van der Waals surface area contributed by atoms with Gasteiger partial charge < -0.3 is 5.32 Å². The quantitative estimate of drug-likeness (QED) is 0.816. The van der Waals surface area contributed by atoms with Crippen LogP contribution in [-0.4, -0.2) is 12.6 Å². The average Bonchev–Trinajstić information content (AvgIpc) is 3.00. The number of hydrogen-bond acceptors (Lipinski definition) is 2. The lowest BCUT2D eigenvalue weighted by Crippen LogP contribution is -2.38. The van der Waals surface area contributed by atoms with Crippen molar-refractivity contribution in [2.45, 2.75) is 46.1 Å². The SMILES string of the molecule is CC(C)C(C)(CNC1CC1)Cc1ccc(Br)s1. The minimum Gasteiger partial charge on any atom is -0.313 e. The van der Waals surface area contributed by atoms with Crippen molar-refractivity contribution >= 4 is 27.3 Å². The van der Waals surface area contributed by atoms with Crippen molar-refractivity contribution in [3.8, 4) is 0 Å². The highest BCUT2D eigenvalue weighted by Crippen LogP contribution is 2.35. The summed E-state index contributed by atoms with van der Waals surface area (Å²) in [5.41, 5.74) is 0.368. The maximum absolute atomic E-state index is 3.70. The predicted molar refractivity (Wildman–Crippen MR) is 79.7 cm³/mol. The minimum atomic E-state index is 0.368. The van der Waals surface area contributed by atoms with Gasteiger partial charge in [0.25, 0.3) is 0 Å². The summed E-state index contributed by atoms with van der Waals surface area (Å²) in [6, 6.07) is 5.23. The van der Waals surface area contributed by atoms with Gasteiger partial charge in [-0.25, -0.2) is 0 Å². The summed E-state index contributed by atoms with van der Waals surface area (Å²) in [5.74, 6) is 0.703. The zero-order chi connectivity index (χ0) is 12.5. The molecule has 1 aliphatic carbocycles. The smallest absolute Gasteiger partial charge is 0.0701 e. The molecule has 1 atom stereocenters. The molecule has 0 aromatic carbocycles. The molecule has 17 heavy (non-hydrogen) atoms. The van der Waals surface area contributed by atoms with Crippen LogP contribution in [0, 0.1) is 11.3 Å². The summed E-state index contributed by atoms with van der Waals surface area (Å²) in [5, 5.41) is 3.70. The molecule has 1 aromatic rings. The van der Waals surface area contributed by atoms with E-state index in [9.17, 15) is 0 Å². The minimum absolute atomic E-state index is 0.368. The molecule has 0 radical (unpaired) electrons. The van der Waals surface area contributed by atoms with E-state index in [1.807, 2.05) is 11.3 Å². The van der Waals surface area contributed by atoms with Gasteiger partial charge in [0.05, 0.1) is 3.79 Å². The summed E-state index contributed by atoms with van der Waals surface area (Å²) in [4.78, 5) is 1.49. The molecule has 1 saturated carbocycles. The van der Waals surface area contributed by atoms with Crippen LogP contribution in [0.25, 0.3) is 0 Å². The molecule has 1 aromatic heterocycles. The number of halogens is 1. The first kappa shape index (κ1) is 13.6. The Labute approximate surface area is 117 Å². The van der Waals surface area contributed by atoms with Gasteiger partial charge in [-0.05, 0) is 58.7 Å². The molecule has 0 spiro atoms. The second-order valence-electron chi connectivity index (χ2n) is 5.85. The van der Waals surface area contributed by atoms with Crippen LogP contribution in [-0.2, 0) is 6.42 Å². The zero-order valence-corrected chi connectivity index (χ0v) is 13.3. The fourth-order valence-electron chi connectivity index (χ4n) is 1.98. The van der Waals surface area contributed by atoms with E-state index >= 15 is 0 Å². The number of nitrogens with one attached hydrogen (secondary N) is 1. The van der Waals surface area contributed by atoms with E-state index in [1.165, 1.54) is 27.9 Å². The van der Waals surface area contributed by atoms with Crippen molar-refractivity contribution in [3.05, 3.63) is 20.8 Å². The highest BCUT2D eigenvalue weighted by molar-refractivity contribution is 9.11. The Kier molecular flexibility index (Phi) is 4.32. The Morgan fingerprint density at radius 3 is 2.65 bits per heavy atom. The van der Waals surface area contributed by atoms with Gasteiger partial charge in [-0.1, -0.05) is 20.8 Å². The Morgan fingerprint density at radius 1 is 1.47 bits per heavy atom. The number of thiophene rings is 1. The monoisotopic (exact) mass is 315 g/mol. The molecule has 0 aliphatic heterocycles. The normalized spacial score (nSPS) is 19.6. The van der Waals surface area contributed by atoms with Gasteiger partial charge in [-0.15, -0.1) is 11.3 Å². The van der Waals surface area contributed by atoms with Crippen LogP contribution >= 0.6 is 27.3 Å². The molecule has 1 aliphatic rings. The van der Waals surface area contributed by atoms with E-state index in [4.69, 9.17) is 0 Å². The van der Waals surface area contributed by atoms with Crippen LogP contribution in [0.15, 0.2) is 15.9 Å². The summed E-state index contributed by atoms with van der Waals surface area (Å²) in [7, 11) is 0. The van der Waals surface area contributed by atoms with Gasteiger partial charge in [-0.2, -0.15) is 0 Å². The third kappa shape index (κ3) is 3.80. The first-order valence-corrected chi connectivity index (χ1v) is 8.08. The molecule has 0 saturated heterocycles. The molecule has 96 valence electrons. The first-order chi connectivity index (χ1) is 7.99. The molecule has 1 fully saturated rings. The van der Waals surface area contributed by atoms with Crippen LogP contribution < -0.4 is 5.32 Å². The van der Waals surface area contributed by atoms with Crippen LogP contribution in [0.2, 0.25) is 0 Å². The Balaban J connectivity index is 1.98. The molecular formula is C14H22BrNS. The summed E-state index contributed by atoms with van der Waals surface area (Å²) >= 11 is 5.42. The van der Waals surface area contributed by atoms with Crippen LogP contribution in [0.5, 0.6) is 0 Å². The molecule has 1 N–H and O–H groups in total. The fourth-order valence-corrected chi connectivity index (χ4v) is 3.66. The Morgan fingerprint density at radius 2 is 2.18 bits per heavy atom. The summed E-state index contributed by atoms with van der Waals surface area (Å²) in [6.07, 6.45) is 3.93.